The standard InChI is InChI=1S/C11H14Cl2N2OS/c1-7(6-16-2)14-11(17)15-10-4-8(12)3-9(13)5-10/h3-5,7H,6H2,1-2H3,(H2,14,15,17). The van der Waals surface area contributed by atoms with Crippen LogP contribution in [0.5, 0.6) is 0 Å². The highest BCUT2D eigenvalue weighted by Crippen LogP contribution is 2.22. The van der Waals surface area contributed by atoms with Gasteiger partial charge in [-0.05, 0) is 37.3 Å². The Bertz CT molecular complexity index is 381. The molecule has 0 saturated carbocycles. The number of anilines is 1. The number of benzene rings is 1. The Morgan fingerprint density at radius 3 is 2.47 bits per heavy atom. The molecule has 0 saturated heterocycles. The summed E-state index contributed by atoms with van der Waals surface area (Å²) in [6, 6.07) is 5.30. The van der Waals surface area contributed by atoms with Crippen molar-refractivity contribution in [1.82, 2.24) is 5.32 Å². The number of halogens is 2. The van der Waals surface area contributed by atoms with E-state index in [-0.39, 0.29) is 6.04 Å². The van der Waals surface area contributed by atoms with E-state index >= 15 is 0 Å². The van der Waals surface area contributed by atoms with Gasteiger partial charge >= 0.3 is 0 Å². The Balaban J connectivity index is 2.56. The second-order valence-corrected chi connectivity index (χ2v) is 4.89. The van der Waals surface area contributed by atoms with Crippen molar-refractivity contribution >= 4 is 46.2 Å². The lowest BCUT2D eigenvalue weighted by Crippen LogP contribution is -2.38. The van der Waals surface area contributed by atoms with Crippen LogP contribution < -0.4 is 10.6 Å². The van der Waals surface area contributed by atoms with Crippen molar-refractivity contribution in [2.45, 2.75) is 13.0 Å². The van der Waals surface area contributed by atoms with Crippen LogP contribution in [0.4, 0.5) is 5.69 Å². The lowest BCUT2D eigenvalue weighted by Gasteiger charge is -2.16. The van der Waals surface area contributed by atoms with E-state index in [1.54, 1.807) is 25.3 Å². The molecule has 0 bridgehead atoms. The monoisotopic (exact) mass is 292 g/mol. The van der Waals surface area contributed by atoms with Gasteiger partial charge < -0.3 is 15.4 Å². The molecule has 17 heavy (non-hydrogen) atoms. The first-order valence-corrected chi connectivity index (χ1v) is 6.20. The van der Waals surface area contributed by atoms with E-state index in [4.69, 9.17) is 40.2 Å². The van der Waals surface area contributed by atoms with E-state index in [1.165, 1.54) is 0 Å². The molecule has 3 nitrogen and oxygen atoms in total. The van der Waals surface area contributed by atoms with Crippen molar-refractivity contribution < 1.29 is 4.74 Å². The van der Waals surface area contributed by atoms with E-state index in [0.717, 1.165) is 5.69 Å². The van der Waals surface area contributed by atoms with Gasteiger partial charge in [0.15, 0.2) is 5.11 Å². The Kier molecular flexibility index (Phi) is 5.98. The van der Waals surface area contributed by atoms with Gasteiger partial charge in [-0.2, -0.15) is 0 Å². The van der Waals surface area contributed by atoms with Gasteiger partial charge in [-0.1, -0.05) is 23.2 Å². The molecule has 2 N–H and O–H groups in total. The molecule has 0 aliphatic rings. The van der Waals surface area contributed by atoms with E-state index in [9.17, 15) is 0 Å². The van der Waals surface area contributed by atoms with Gasteiger partial charge in [-0.15, -0.1) is 0 Å². The Labute approximate surface area is 116 Å². The SMILES string of the molecule is COCC(C)NC(=S)Nc1cc(Cl)cc(Cl)c1. The van der Waals surface area contributed by atoms with E-state index in [0.29, 0.717) is 21.8 Å². The van der Waals surface area contributed by atoms with Gasteiger partial charge in [0.05, 0.1) is 6.61 Å². The Hall–Kier alpha value is -0.550. The number of hydrogen-bond acceptors (Lipinski definition) is 2. The minimum absolute atomic E-state index is 0.134. The quantitative estimate of drug-likeness (QED) is 0.834. The van der Waals surface area contributed by atoms with Gasteiger partial charge in [0.25, 0.3) is 0 Å². The van der Waals surface area contributed by atoms with Crippen LogP contribution in [0.3, 0.4) is 0 Å². The average molecular weight is 293 g/mol. The molecule has 1 aromatic carbocycles. The predicted octanol–water partition coefficient (Wildman–Crippen LogP) is 3.31. The van der Waals surface area contributed by atoms with Crippen molar-refractivity contribution in [3.05, 3.63) is 28.2 Å². The fraction of sp³-hybridized carbons (Fsp3) is 0.364. The molecule has 1 atom stereocenters. The van der Waals surface area contributed by atoms with Crippen LogP contribution >= 0.6 is 35.4 Å². The van der Waals surface area contributed by atoms with Crippen LogP contribution in [-0.2, 0) is 4.74 Å². The maximum atomic E-state index is 5.88. The minimum atomic E-state index is 0.134. The predicted molar refractivity (Wildman–Crippen MR) is 77.2 cm³/mol. The Morgan fingerprint density at radius 1 is 1.35 bits per heavy atom. The first kappa shape index (κ1) is 14.5. The summed E-state index contributed by atoms with van der Waals surface area (Å²) in [5, 5.41) is 7.72. The number of hydrogen-bond donors (Lipinski definition) is 2. The fourth-order valence-corrected chi connectivity index (χ4v) is 2.15. The molecule has 0 heterocycles. The molecule has 1 aromatic rings. The molecule has 6 heteroatoms. The average Bonchev–Trinajstić information content (AvgIpc) is 2.14. The fourth-order valence-electron chi connectivity index (χ4n) is 1.31. The maximum Gasteiger partial charge on any atom is 0.171 e. The second-order valence-electron chi connectivity index (χ2n) is 3.61. The molecule has 94 valence electrons. The number of ether oxygens (including phenoxy) is 1. The highest BCUT2D eigenvalue weighted by atomic mass is 35.5. The molecule has 1 unspecified atom stereocenters. The van der Waals surface area contributed by atoms with Crippen molar-refractivity contribution in [1.29, 1.82) is 0 Å². The third kappa shape index (κ3) is 5.55. The van der Waals surface area contributed by atoms with E-state index < -0.39 is 0 Å². The maximum absolute atomic E-state index is 5.88. The van der Waals surface area contributed by atoms with Crippen LogP contribution in [0.1, 0.15) is 6.92 Å². The summed E-state index contributed by atoms with van der Waals surface area (Å²) in [6.45, 7) is 2.56. The van der Waals surface area contributed by atoms with E-state index in [2.05, 4.69) is 10.6 Å². The molecule has 0 aliphatic heterocycles. The van der Waals surface area contributed by atoms with Gasteiger partial charge in [-0.3, -0.25) is 0 Å². The molecular formula is C11H14Cl2N2OS. The number of rotatable bonds is 4. The first-order chi connectivity index (χ1) is 8.01. The molecule has 1 rings (SSSR count). The van der Waals surface area contributed by atoms with Gasteiger partial charge in [0.1, 0.15) is 0 Å². The summed E-state index contributed by atoms with van der Waals surface area (Å²) >= 11 is 16.9. The van der Waals surface area contributed by atoms with Crippen molar-refractivity contribution in [3.63, 3.8) is 0 Å². The van der Waals surface area contributed by atoms with Crippen molar-refractivity contribution in [3.8, 4) is 0 Å². The van der Waals surface area contributed by atoms with E-state index in [1.807, 2.05) is 6.92 Å². The number of nitrogens with one attached hydrogen (secondary N) is 2. The highest BCUT2D eigenvalue weighted by Gasteiger charge is 2.04. The summed E-state index contributed by atoms with van der Waals surface area (Å²) in [6.07, 6.45) is 0. The Morgan fingerprint density at radius 2 is 1.94 bits per heavy atom. The molecular weight excluding hydrogens is 279 g/mol. The van der Waals surface area contributed by atoms with Gasteiger partial charge in [0, 0.05) is 28.9 Å². The minimum Gasteiger partial charge on any atom is -0.383 e. The summed E-state index contributed by atoms with van der Waals surface area (Å²) in [5.74, 6) is 0. The number of thiocarbonyl (C=S) groups is 1. The lowest BCUT2D eigenvalue weighted by atomic mass is 10.3. The molecule has 0 radical (unpaired) electrons. The van der Waals surface area contributed by atoms with Crippen molar-refractivity contribution in [2.24, 2.45) is 0 Å². The van der Waals surface area contributed by atoms with Gasteiger partial charge in [0.2, 0.25) is 0 Å². The highest BCUT2D eigenvalue weighted by molar-refractivity contribution is 7.80. The second kappa shape index (κ2) is 7.01. The van der Waals surface area contributed by atoms with Crippen LogP contribution in [-0.4, -0.2) is 24.9 Å². The third-order valence-electron chi connectivity index (χ3n) is 1.91. The normalized spacial score (nSPS) is 12.0. The number of methoxy groups -OCH3 is 1. The summed E-state index contributed by atoms with van der Waals surface area (Å²) < 4.78 is 5.00. The van der Waals surface area contributed by atoms with Crippen LogP contribution in [0.15, 0.2) is 18.2 Å². The smallest absolute Gasteiger partial charge is 0.171 e. The van der Waals surface area contributed by atoms with Crippen molar-refractivity contribution in [2.75, 3.05) is 19.0 Å². The molecule has 0 spiro atoms. The van der Waals surface area contributed by atoms with Gasteiger partial charge in [-0.25, -0.2) is 0 Å². The zero-order valence-electron chi connectivity index (χ0n) is 9.59. The summed E-state index contributed by atoms with van der Waals surface area (Å²) in [4.78, 5) is 0. The molecule has 0 aromatic heterocycles. The lowest BCUT2D eigenvalue weighted by molar-refractivity contribution is 0.179. The topological polar surface area (TPSA) is 33.3 Å². The van der Waals surface area contributed by atoms with Crippen LogP contribution in [0.25, 0.3) is 0 Å². The first-order valence-electron chi connectivity index (χ1n) is 5.04. The third-order valence-corrected chi connectivity index (χ3v) is 2.57. The molecule has 0 aliphatic carbocycles. The summed E-state index contributed by atoms with van der Waals surface area (Å²) in [7, 11) is 1.64. The zero-order chi connectivity index (χ0) is 12.8. The van der Waals surface area contributed by atoms with Crippen LogP contribution in [0, 0.1) is 0 Å². The zero-order valence-corrected chi connectivity index (χ0v) is 11.9. The molecule has 0 amide bonds. The summed E-state index contributed by atoms with van der Waals surface area (Å²) in [5.41, 5.74) is 0.754. The van der Waals surface area contributed by atoms with Crippen LogP contribution in [0.2, 0.25) is 10.0 Å². The molecule has 0 fully saturated rings. The largest absolute Gasteiger partial charge is 0.383 e.